The molecule has 1 heterocycles. The summed E-state index contributed by atoms with van der Waals surface area (Å²) in [4.78, 5) is 0. The normalized spacial score (nSPS) is 13.7. The lowest BCUT2D eigenvalue weighted by atomic mass is 9.82. The Morgan fingerprint density at radius 1 is 0.533 bits per heavy atom. The van der Waals surface area contributed by atoms with E-state index in [0.717, 1.165) is 38.8 Å². The first kappa shape index (κ1) is 26.9. The molecule has 0 radical (unpaired) electrons. The first-order valence-electron chi connectivity index (χ1n) is 15.1. The van der Waals surface area contributed by atoms with E-state index in [0.29, 0.717) is 28.7 Å². The summed E-state index contributed by atoms with van der Waals surface area (Å²) in [7, 11) is 0. The number of ether oxygens (including phenoxy) is 2. The van der Waals surface area contributed by atoms with E-state index in [9.17, 15) is 0 Å². The Morgan fingerprint density at radius 2 is 1.16 bits per heavy atom. The van der Waals surface area contributed by atoms with Crippen molar-refractivity contribution in [3.63, 3.8) is 0 Å². The van der Waals surface area contributed by atoms with Crippen molar-refractivity contribution in [2.45, 2.75) is 19.3 Å². The van der Waals surface area contributed by atoms with Crippen molar-refractivity contribution in [3.05, 3.63) is 156 Å². The molecule has 45 heavy (non-hydrogen) atoms. The van der Waals surface area contributed by atoms with E-state index in [2.05, 4.69) is 50.2 Å². The lowest BCUT2D eigenvalue weighted by Crippen LogP contribution is -2.15. The van der Waals surface area contributed by atoms with Crippen molar-refractivity contribution in [3.8, 4) is 45.3 Å². The fourth-order valence-corrected chi connectivity index (χ4v) is 6.72. The lowest BCUT2D eigenvalue weighted by Gasteiger charge is -2.25. The van der Waals surface area contributed by atoms with Gasteiger partial charge in [0.25, 0.3) is 0 Å². The van der Waals surface area contributed by atoms with E-state index < -0.39 is 0 Å². The van der Waals surface area contributed by atoms with Crippen molar-refractivity contribution in [1.29, 1.82) is 10.8 Å². The van der Waals surface area contributed by atoms with Crippen LogP contribution < -0.4 is 9.47 Å². The Labute approximate surface area is 262 Å². The van der Waals surface area contributed by atoms with Crippen LogP contribution in [0.3, 0.4) is 0 Å². The van der Waals surface area contributed by atoms with Gasteiger partial charge in [-0.05, 0) is 80.6 Å². The van der Waals surface area contributed by atoms with Crippen molar-refractivity contribution in [1.82, 2.24) is 0 Å². The zero-order chi connectivity index (χ0) is 30.7. The molecule has 0 unspecified atom stereocenters. The van der Waals surface area contributed by atoms with Crippen molar-refractivity contribution >= 4 is 22.2 Å². The van der Waals surface area contributed by atoms with Gasteiger partial charge in [-0.1, -0.05) is 111 Å². The highest BCUT2D eigenvalue weighted by atomic mass is 16.6. The predicted octanol–water partition coefficient (Wildman–Crippen LogP) is 10.7. The molecule has 0 saturated carbocycles. The Bertz CT molecular complexity index is 2240. The number of benzene rings is 6. The highest BCUT2D eigenvalue weighted by Gasteiger charge is 2.37. The molecule has 0 fully saturated rings. The summed E-state index contributed by atoms with van der Waals surface area (Å²) < 4.78 is 12.9. The van der Waals surface area contributed by atoms with Gasteiger partial charge in [-0.25, -0.2) is 0 Å². The molecule has 0 aromatic heterocycles. The third kappa shape index (κ3) is 4.37. The van der Waals surface area contributed by atoms with Gasteiger partial charge in [0, 0.05) is 16.5 Å². The highest BCUT2D eigenvalue weighted by molar-refractivity contribution is 6.19. The molecular formula is C41H30N2O2. The fourth-order valence-electron chi connectivity index (χ4n) is 6.72. The van der Waals surface area contributed by atoms with Gasteiger partial charge in [-0.3, -0.25) is 0 Å². The molecule has 1 aliphatic carbocycles. The molecule has 2 N–H and O–H groups in total. The smallest absolute Gasteiger partial charge is 0.170 e. The van der Waals surface area contributed by atoms with Crippen LogP contribution in [0.5, 0.6) is 23.0 Å². The Morgan fingerprint density at radius 3 is 2.02 bits per heavy atom. The van der Waals surface area contributed by atoms with Gasteiger partial charge in [0.15, 0.2) is 23.0 Å². The van der Waals surface area contributed by atoms with Gasteiger partial charge < -0.3 is 20.3 Å². The molecule has 0 amide bonds. The minimum atomic E-state index is -0.121. The molecule has 0 saturated heterocycles. The molecule has 4 heteroatoms. The van der Waals surface area contributed by atoms with Gasteiger partial charge in [-0.2, -0.15) is 0 Å². The summed E-state index contributed by atoms with van der Waals surface area (Å²) in [5.41, 5.74) is 8.97. The van der Waals surface area contributed by atoms with Gasteiger partial charge in [0.1, 0.15) is 0 Å². The molecule has 6 aromatic rings. The average Bonchev–Trinajstić information content (AvgIpc) is 3.29. The van der Waals surface area contributed by atoms with E-state index in [-0.39, 0.29) is 5.41 Å². The first-order chi connectivity index (χ1) is 21.9. The summed E-state index contributed by atoms with van der Waals surface area (Å²) in [6.07, 6.45) is 3.41. The summed E-state index contributed by atoms with van der Waals surface area (Å²) in [5, 5.41) is 19.8. The Balaban J connectivity index is 1.09. The van der Waals surface area contributed by atoms with E-state index in [1.54, 1.807) is 12.2 Å². The third-order valence-corrected chi connectivity index (χ3v) is 9.06. The summed E-state index contributed by atoms with van der Waals surface area (Å²) in [6, 6.07) is 40.6. The zero-order valence-electron chi connectivity index (χ0n) is 25.0. The molecular weight excluding hydrogens is 552 g/mol. The topological polar surface area (TPSA) is 66.2 Å². The maximum Gasteiger partial charge on any atom is 0.170 e. The summed E-state index contributed by atoms with van der Waals surface area (Å²) in [5.74, 6) is 2.72. The van der Waals surface area contributed by atoms with E-state index in [1.165, 1.54) is 22.3 Å². The second kappa shape index (κ2) is 10.2. The fraction of sp³-hybridized carbons (Fsp3) is 0.0732. The van der Waals surface area contributed by atoms with Crippen LogP contribution in [0.1, 0.15) is 36.1 Å². The number of nitrogens with one attached hydrogen (secondary N) is 2. The van der Waals surface area contributed by atoms with Crippen LogP contribution >= 0.6 is 0 Å². The maximum atomic E-state index is 8.95. The SMILES string of the molecule is CC1(C)c2ccccc2-c2cc3c(cc21)Oc1ccc(-c2ccccc2C(=N)/C=C\C(=N)c2cccc4ccccc24)cc1O3. The summed E-state index contributed by atoms with van der Waals surface area (Å²) >= 11 is 0. The van der Waals surface area contributed by atoms with Crippen LogP contribution in [-0.4, -0.2) is 11.4 Å². The largest absolute Gasteiger partial charge is 0.450 e. The Kier molecular flexibility index (Phi) is 6.07. The van der Waals surface area contributed by atoms with Gasteiger partial charge >= 0.3 is 0 Å². The van der Waals surface area contributed by atoms with Crippen molar-refractivity contribution in [2.24, 2.45) is 0 Å². The second-order valence-corrected chi connectivity index (χ2v) is 12.1. The van der Waals surface area contributed by atoms with Gasteiger partial charge in [0.05, 0.1) is 11.4 Å². The molecule has 2 aliphatic rings. The van der Waals surface area contributed by atoms with Gasteiger partial charge in [0.2, 0.25) is 0 Å². The lowest BCUT2D eigenvalue weighted by molar-refractivity contribution is 0.359. The third-order valence-electron chi connectivity index (χ3n) is 9.06. The zero-order valence-corrected chi connectivity index (χ0v) is 25.0. The molecule has 0 spiro atoms. The number of fused-ring (bicyclic) bond motifs is 6. The van der Waals surface area contributed by atoms with Crippen LogP contribution in [-0.2, 0) is 5.41 Å². The van der Waals surface area contributed by atoms with Crippen LogP contribution in [0.4, 0.5) is 0 Å². The second-order valence-electron chi connectivity index (χ2n) is 12.1. The minimum absolute atomic E-state index is 0.121. The number of rotatable bonds is 5. The number of hydrogen-bond donors (Lipinski definition) is 2. The standard InChI is InChI=1S/C41H30N2O2/c1-41(2)33-17-8-7-14-29(33)32-23-39-40(24-34(32)41)44-37-21-18-26(22-38(37)45-39)28-13-5-6-15-30(28)35(42)19-20-36(43)31-16-9-11-25-10-3-4-12-27(25)31/h3-24,42-43H,1-2H3/b20-19-,42-35?,43-36?. The van der Waals surface area contributed by atoms with Gasteiger partial charge in [-0.15, -0.1) is 0 Å². The van der Waals surface area contributed by atoms with E-state index in [4.69, 9.17) is 20.3 Å². The Hall–Kier alpha value is -5.74. The van der Waals surface area contributed by atoms with E-state index >= 15 is 0 Å². The predicted molar refractivity (Wildman–Crippen MR) is 183 cm³/mol. The first-order valence-corrected chi connectivity index (χ1v) is 15.1. The highest BCUT2D eigenvalue weighted by Crippen LogP contribution is 2.55. The number of allylic oxidation sites excluding steroid dienone is 2. The molecule has 8 rings (SSSR count). The average molecular weight is 583 g/mol. The minimum Gasteiger partial charge on any atom is -0.450 e. The van der Waals surface area contributed by atoms with Crippen molar-refractivity contribution in [2.75, 3.05) is 0 Å². The van der Waals surface area contributed by atoms with Crippen LogP contribution in [0.25, 0.3) is 33.0 Å². The van der Waals surface area contributed by atoms with Crippen LogP contribution in [0, 0.1) is 10.8 Å². The van der Waals surface area contributed by atoms with E-state index in [1.807, 2.05) is 84.9 Å². The molecule has 1 aliphatic heterocycles. The molecule has 6 aromatic carbocycles. The molecule has 0 bridgehead atoms. The molecule has 4 nitrogen and oxygen atoms in total. The van der Waals surface area contributed by atoms with Crippen molar-refractivity contribution < 1.29 is 9.47 Å². The quantitative estimate of drug-likeness (QED) is 0.198. The summed E-state index contributed by atoms with van der Waals surface area (Å²) in [6.45, 7) is 4.51. The van der Waals surface area contributed by atoms with Crippen LogP contribution in [0.15, 0.2) is 133 Å². The monoisotopic (exact) mass is 582 g/mol. The maximum absolute atomic E-state index is 8.95. The molecule has 0 atom stereocenters. The van der Waals surface area contributed by atoms with Crippen LogP contribution in [0.2, 0.25) is 0 Å². The molecule has 216 valence electrons. The number of hydrogen-bond acceptors (Lipinski definition) is 4.